The summed E-state index contributed by atoms with van der Waals surface area (Å²) in [4.78, 5) is 25.9. The van der Waals surface area contributed by atoms with Gasteiger partial charge < -0.3 is 9.64 Å². The standard InChI is InChI=1S/C16H15Br2NO3S/c1-10-3-5-11(6-4-10)8-19(2)14(20)9-22-16(21)13-7-12(17)15(18)23-13/h3-7H,8-9H2,1-2H3. The maximum atomic E-state index is 12.1. The third-order valence-electron chi connectivity index (χ3n) is 3.14. The molecule has 0 fully saturated rings. The van der Waals surface area contributed by atoms with Gasteiger partial charge in [-0.3, -0.25) is 4.79 Å². The van der Waals surface area contributed by atoms with Gasteiger partial charge in [0.05, 0.1) is 3.79 Å². The summed E-state index contributed by atoms with van der Waals surface area (Å²) in [6.45, 7) is 2.22. The minimum atomic E-state index is -0.501. The molecule has 0 saturated carbocycles. The maximum Gasteiger partial charge on any atom is 0.348 e. The van der Waals surface area contributed by atoms with Crippen molar-refractivity contribution in [3.05, 3.63) is 54.6 Å². The molecular weight excluding hydrogens is 446 g/mol. The maximum absolute atomic E-state index is 12.1. The summed E-state index contributed by atoms with van der Waals surface area (Å²) in [6.07, 6.45) is 0. The number of nitrogens with zero attached hydrogens (tertiary/aromatic N) is 1. The molecule has 7 heteroatoms. The minimum absolute atomic E-state index is 0.242. The highest BCUT2D eigenvalue weighted by atomic mass is 79.9. The van der Waals surface area contributed by atoms with E-state index in [0.717, 1.165) is 13.8 Å². The summed E-state index contributed by atoms with van der Waals surface area (Å²) in [7, 11) is 1.69. The molecule has 2 rings (SSSR count). The van der Waals surface area contributed by atoms with Gasteiger partial charge in [-0.15, -0.1) is 11.3 Å². The second-order valence-corrected chi connectivity index (χ2v) is 8.27. The van der Waals surface area contributed by atoms with E-state index < -0.39 is 5.97 Å². The van der Waals surface area contributed by atoms with Crippen LogP contribution in [0.2, 0.25) is 0 Å². The molecule has 0 saturated heterocycles. The number of aryl methyl sites for hydroxylation is 1. The van der Waals surface area contributed by atoms with Gasteiger partial charge in [0.25, 0.3) is 5.91 Å². The van der Waals surface area contributed by atoms with E-state index in [2.05, 4.69) is 31.9 Å². The first-order valence-corrected chi connectivity index (χ1v) is 9.18. The number of carbonyl (C=O) groups is 2. The highest BCUT2D eigenvalue weighted by Gasteiger charge is 2.16. The van der Waals surface area contributed by atoms with Crippen LogP contribution in [-0.4, -0.2) is 30.4 Å². The van der Waals surface area contributed by atoms with Crippen LogP contribution in [0.25, 0.3) is 0 Å². The van der Waals surface area contributed by atoms with Crippen molar-refractivity contribution in [1.82, 2.24) is 4.90 Å². The van der Waals surface area contributed by atoms with Gasteiger partial charge in [-0.1, -0.05) is 29.8 Å². The van der Waals surface area contributed by atoms with Crippen molar-refractivity contribution < 1.29 is 14.3 Å². The molecule has 1 amide bonds. The summed E-state index contributed by atoms with van der Waals surface area (Å²) in [6, 6.07) is 9.62. The number of benzene rings is 1. The van der Waals surface area contributed by atoms with E-state index in [1.54, 1.807) is 13.1 Å². The molecule has 1 aromatic heterocycles. The van der Waals surface area contributed by atoms with Crippen molar-refractivity contribution in [2.45, 2.75) is 13.5 Å². The molecule has 0 atom stereocenters. The number of hydrogen-bond donors (Lipinski definition) is 0. The first-order chi connectivity index (χ1) is 10.9. The van der Waals surface area contributed by atoms with Crippen LogP contribution in [-0.2, 0) is 16.1 Å². The average Bonchev–Trinajstić information content (AvgIpc) is 2.86. The molecule has 0 spiro atoms. The van der Waals surface area contributed by atoms with Crippen LogP contribution in [0.4, 0.5) is 0 Å². The third-order valence-corrected chi connectivity index (χ3v) is 6.38. The number of ether oxygens (including phenoxy) is 1. The van der Waals surface area contributed by atoms with Gasteiger partial charge in [0, 0.05) is 18.1 Å². The molecule has 0 unspecified atom stereocenters. The van der Waals surface area contributed by atoms with Crippen molar-refractivity contribution in [1.29, 1.82) is 0 Å². The topological polar surface area (TPSA) is 46.6 Å². The zero-order valence-electron chi connectivity index (χ0n) is 12.6. The van der Waals surface area contributed by atoms with Gasteiger partial charge in [-0.25, -0.2) is 4.79 Å². The number of amides is 1. The molecular formula is C16H15Br2NO3S. The van der Waals surface area contributed by atoms with Crippen LogP contribution >= 0.6 is 43.2 Å². The molecule has 122 valence electrons. The normalized spacial score (nSPS) is 10.4. The Labute approximate surface area is 155 Å². The van der Waals surface area contributed by atoms with Crippen molar-refractivity contribution in [3.63, 3.8) is 0 Å². The Hall–Kier alpha value is -1.18. The molecule has 0 aliphatic rings. The number of thiophene rings is 1. The van der Waals surface area contributed by atoms with E-state index in [1.165, 1.54) is 21.8 Å². The Morgan fingerprint density at radius 3 is 2.43 bits per heavy atom. The minimum Gasteiger partial charge on any atom is -0.451 e. The first-order valence-electron chi connectivity index (χ1n) is 6.78. The number of halogens is 2. The predicted molar refractivity (Wildman–Crippen MR) is 97.7 cm³/mol. The quantitative estimate of drug-likeness (QED) is 0.621. The van der Waals surface area contributed by atoms with Crippen LogP contribution in [0.3, 0.4) is 0 Å². The van der Waals surface area contributed by atoms with Gasteiger partial charge in [0.15, 0.2) is 6.61 Å². The van der Waals surface area contributed by atoms with Crippen LogP contribution in [0.15, 0.2) is 38.6 Å². The van der Waals surface area contributed by atoms with Gasteiger partial charge in [0.1, 0.15) is 4.88 Å². The fraction of sp³-hybridized carbons (Fsp3) is 0.250. The highest BCUT2D eigenvalue weighted by molar-refractivity contribution is 9.13. The van der Waals surface area contributed by atoms with Gasteiger partial charge in [0.2, 0.25) is 0 Å². The molecule has 1 aromatic carbocycles. The predicted octanol–water partition coefficient (Wildman–Crippen LogP) is 4.40. The molecule has 1 heterocycles. The Balaban J connectivity index is 1.86. The third kappa shape index (κ3) is 5.16. The first kappa shape index (κ1) is 18.2. The fourth-order valence-corrected chi connectivity index (χ4v) is 3.74. The highest BCUT2D eigenvalue weighted by Crippen LogP contribution is 2.32. The number of rotatable bonds is 5. The van der Waals surface area contributed by atoms with Crippen molar-refractivity contribution in [3.8, 4) is 0 Å². The van der Waals surface area contributed by atoms with Crippen LogP contribution in [0.1, 0.15) is 20.8 Å². The SMILES string of the molecule is Cc1ccc(CN(C)C(=O)COC(=O)c2cc(Br)c(Br)s2)cc1. The second-order valence-electron chi connectivity index (χ2n) is 5.04. The van der Waals surface area contributed by atoms with Crippen LogP contribution in [0.5, 0.6) is 0 Å². The molecule has 23 heavy (non-hydrogen) atoms. The Bertz CT molecular complexity index is 693. The van der Waals surface area contributed by atoms with E-state index in [4.69, 9.17) is 4.74 Å². The summed E-state index contributed by atoms with van der Waals surface area (Å²) >= 11 is 7.89. The number of carbonyl (C=O) groups excluding carboxylic acids is 2. The molecule has 4 nitrogen and oxygen atoms in total. The summed E-state index contributed by atoms with van der Waals surface area (Å²) in [5.74, 6) is -0.743. The monoisotopic (exact) mass is 459 g/mol. The van der Waals surface area contributed by atoms with Gasteiger partial charge in [-0.05, 0) is 50.4 Å². The molecule has 0 N–H and O–H groups in total. The molecule has 0 radical (unpaired) electrons. The Morgan fingerprint density at radius 1 is 1.22 bits per heavy atom. The zero-order valence-corrected chi connectivity index (χ0v) is 16.6. The largest absolute Gasteiger partial charge is 0.451 e. The van der Waals surface area contributed by atoms with Gasteiger partial charge >= 0.3 is 5.97 Å². The zero-order chi connectivity index (χ0) is 17.0. The van der Waals surface area contributed by atoms with E-state index in [-0.39, 0.29) is 12.5 Å². The number of likely N-dealkylation sites (N-methyl/N-ethyl adjacent to an activating group) is 1. The summed E-state index contributed by atoms with van der Waals surface area (Å²) in [5, 5.41) is 0. The average molecular weight is 461 g/mol. The summed E-state index contributed by atoms with van der Waals surface area (Å²) < 4.78 is 6.68. The Morgan fingerprint density at radius 2 is 1.87 bits per heavy atom. The lowest BCUT2D eigenvalue weighted by Gasteiger charge is -2.17. The molecule has 0 bridgehead atoms. The van der Waals surface area contributed by atoms with E-state index in [1.807, 2.05) is 31.2 Å². The summed E-state index contributed by atoms with van der Waals surface area (Å²) in [5.41, 5.74) is 2.20. The lowest BCUT2D eigenvalue weighted by molar-refractivity contribution is -0.133. The number of hydrogen-bond acceptors (Lipinski definition) is 4. The smallest absolute Gasteiger partial charge is 0.348 e. The lowest BCUT2D eigenvalue weighted by atomic mass is 10.1. The van der Waals surface area contributed by atoms with Crippen LogP contribution < -0.4 is 0 Å². The van der Waals surface area contributed by atoms with E-state index in [9.17, 15) is 9.59 Å². The Kier molecular flexibility index (Phi) is 6.38. The molecule has 0 aliphatic heterocycles. The van der Waals surface area contributed by atoms with E-state index in [0.29, 0.717) is 11.4 Å². The molecule has 2 aromatic rings. The van der Waals surface area contributed by atoms with Crippen molar-refractivity contribution in [2.24, 2.45) is 0 Å². The second kappa shape index (κ2) is 8.08. The fourth-order valence-electron chi connectivity index (χ4n) is 1.81. The van der Waals surface area contributed by atoms with E-state index >= 15 is 0 Å². The van der Waals surface area contributed by atoms with Crippen molar-refractivity contribution >= 4 is 55.1 Å². The molecule has 0 aliphatic carbocycles. The lowest BCUT2D eigenvalue weighted by Crippen LogP contribution is -2.30. The van der Waals surface area contributed by atoms with Crippen molar-refractivity contribution in [2.75, 3.05) is 13.7 Å². The van der Waals surface area contributed by atoms with Crippen LogP contribution in [0, 0.1) is 6.92 Å². The van der Waals surface area contributed by atoms with Gasteiger partial charge in [-0.2, -0.15) is 0 Å². The number of esters is 1.